The highest BCUT2D eigenvalue weighted by molar-refractivity contribution is 4.98. The van der Waals surface area contributed by atoms with Gasteiger partial charge in [-0.1, -0.05) is 0 Å². The molecule has 0 aromatic carbocycles. The molecule has 1 aliphatic heterocycles. The molecule has 1 unspecified atom stereocenters. The van der Waals surface area contributed by atoms with E-state index in [1.54, 1.807) is 0 Å². The van der Waals surface area contributed by atoms with Crippen molar-refractivity contribution in [1.29, 1.82) is 0 Å². The van der Waals surface area contributed by atoms with Gasteiger partial charge in [0.1, 0.15) is 0 Å². The monoisotopic (exact) mass is 200 g/mol. The van der Waals surface area contributed by atoms with E-state index in [0.717, 1.165) is 38.9 Å². The van der Waals surface area contributed by atoms with E-state index >= 15 is 0 Å². The van der Waals surface area contributed by atoms with Crippen molar-refractivity contribution in [2.24, 2.45) is 5.92 Å². The van der Waals surface area contributed by atoms with Crippen LogP contribution in [-0.2, 0) is 9.47 Å². The Kier molecular flexibility index (Phi) is 3.10. The number of aliphatic hydroxyl groups is 1. The number of rotatable bonds is 4. The van der Waals surface area contributed by atoms with Gasteiger partial charge in [-0.2, -0.15) is 0 Å². The normalized spacial score (nSPS) is 28.7. The second kappa shape index (κ2) is 4.17. The van der Waals surface area contributed by atoms with Gasteiger partial charge >= 0.3 is 0 Å². The topological polar surface area (TPSA) is 38.7 Å². The van der Waals surface area contributed by atoms with Gasteiger partial charge in [0.15, 0.2) is 0 Å². The van der Waals surface area contributed by atoms with Crippen molar-refractivity contribution in [2.45, 2.75) is 44.3 Å². The fourth-order valence-electron chi connectivity index (χ4n) is 2.37. The Hall–Kier alpha value is -0.120. The molecule has 2 aliphatic rings. The highest BCUT2D eigenvalue weighted by atomic mass is 16.5. The number of ether oxygens (including phenoxy) is 2. The third-order valence-corrected chi connectivity index (χ3v) is 3.38. The van der Waals surface area contributed by atoms with Gasteiger partial charge in [-0.15, -0.1) is 0 Å². The maximum absolute atomic E-state index is 10.2. The molecule has 1 aliphatic carbocycles. The molecule has 3 nitrogen and oxygen atoms in total. The molecule has 1 heterocycles. The molecular weight excluding hydrogens is 180 g/mol. The van der Waals surface area contributed by atoms with Crippen molar-refractivity contribution in [2.75, 3.05) is 19.8 Å². The van der Waals surface area contributed by atoms with Crippen molar-refractivity contribution >= 4 is 0 Å². The van der Waals surface area contributed by atoms with Crippen LogP contribution in [0.25, 0.3) is 0 Å². The summed E-state index contributed by atoms with van der Waals surface area (Å²) in [6.45, 7) is 4.13. The minimum absolute atomic E-state index is 0.272. The quantitative estimate of drug-likeness (QED) is 0.744. The van der Waals surface area contributed by atoms with E-state index in [4.69, 9.17) is 9.47 Å². The Labute approximate surface area is 85.4 Å². The van der Waals surface area contributed by atoms with E-state index in [9.17, 15) is 5.11 Å². The zero-order valence-electron chi connectivity index (χ0n) is 8.87. The lowest BCUT2D eigenvalue weighted by Gasteiger charge is -2.40. The van der Waals surface area contributed by atoms with E-state index in [1.165, 1.54) is 0 Å². The van der Waals surface area contributed by atoms with Crippen molar-refractivity contribution in [3.63, 3.8) is 0 Å². The summed E-state index contributed by atoms with van der Waals surface area (Å²) in [6.07, 6.45) is 3.75. The van der Waals surface area contributed by atoms with Crippen LogP contribution < -0.4 is 0 Å². The van der Waals surface area contributed by atoms with Crippen LogP contribution >= 0.6 is 0 Å². The van der Waals surface area contributed by atoms with Gasteiger partial charge in [0.2, 0.25) is 0 Å². The molecule has 2 fully saturated rings. The lowest BCUT2D eigenvalue weighted by molar-refractivity contribution is -0.171. The fourth-order valence-corrected chi connectivity index (χ4v) is 2.37. The first-order valence-electron chi connectivity index (χ1n) is 5.68. The molecule has 1 atom stereocenters. The fraction of sp³-hybridized carbons (Fsp3) is 1.00. The van der Waals surface area contributed by atoms with Crippen LogP contribution in [0.1, 0.15) is 32.6 Å². The summed E-state index contributed by atoms with van der Waals surface area (Å²) in [4.78, 5) is 0. The van der Waals surface area contributed by atoms with Gasteiger partial charge in [0, 0.05) is 32.7 Å². The molecule has 0 aromatic heterocycles. The average molecular weight is 200 g/mol. The molecule has 0 bridgehead atoms. The summed E-state index contributed by atoms with van der Waals surface area (Å²) in [7, 11) is 0. The maximum Gasteiger partial charge on any atom is 0.0986 e. The van der Waals surface area contributed by atoms with Crippen LogP contribution in [0.5, 0.6) is 0 Å². The molecule has 14 heavy (non-hydrogen) atoms. The van der Waals surface area contributed by atoms with Gasteiger partial charge in [0.25, 0.3) is 0 Å². The molecule has 1 saturated heterocycles. The standard InChI is InChI=1S/C11H20O3/c1-2-14-11(5-7-13-8-6-11)10(12)9-3-4-9/h9-10,12H,2-8H2,1H3. The second-order valence-electron chi connectivity index (χ2n) is 4.39. The largest absolute Gasteiger partial charge is 0.390 e. The van der Waals surface area contributed by atoms with Gasteiger partial charge in [-0.05, 0) is 25.7 Å². The third kappa shape index (κ3) is 1.95. The summed E-state index contributed by atoms with van der Waals surface area (Å²) in [5, 5.41) is 10.2. The molecule has 82 valence electrons. The zero-order chi connectivity index (χ0) is 10.0. The van der Waals surface area contributed by atoms with Crippen molar-refractivity contribution in [1.82, 2.24) is 0 Å². The highest BCUT2D eigenvalue weighted by Gasteiger charge is 2.47. The lowest BCUT2D eigenvalue weighted by atomic mass is 9.85. The summed E-state index contributed by atoms with van der Waals surface area (Å²) in [6, 6.07) is 0. The molecular formula is C11H20O3. The van der Waals surface area contributed by atoms with Crippen molar-refractivity contribution in [3.8, 4) is 0 Å². The third-order valence-electron chi connectivity index (χ3n) is 3.38. The Morgan fingerprint density at radius 2 is 2.07 bits per heavy atom. The van der Waals surface area contributed by atoms with Crippen molar-refractivity contribution in [3.05, 3.63) is 0 Å². The van der Waals surface area contributed by atoms with Gasteiger partial charge in [0.05, 0.1) is 11.7 Å². The molecule has 0 aromatic rings. The van der Waals surface area contributed by atoms with E-state index in [1.807, 2.05) is 6.92 Å². The predicted octanol–water partition coefficient (Wildman–Crippen LogP) is 1.34. The van der Waals surface area contributed by atoms with Gasteiger partial charge in [-0.3, -0.25) is 0 Å². The number of aliphatic hydroxyl groups excluding tert-OH is 1. The molecule has 3 heteroatoms. The predicted molar refractivity (Wildman–Crippen MR) is 53.1 cm³/mol. The van der Waals surface area contributed by atoms with Crippen LogP contribution in [-0.4, -0.2) is 36.6 Å². The summed E-state index contributed by atoms with van der Waals surface area (Å²) in [5.74, 6) is 0.486. The van der Waals surface area contributed by atoms with E-state index < -0.39 is 0 Å². The second-order valence-corrected chi connectivity index (χ2v) is 4.39. The first kappa shape index (κ1) is 10.4. The molecule has 1 N–H and O–H groups in total. The molecule has 0 amide bonds. The van der Waals surface area contributed by atoms with Gasteiger partial charge < -0.3 is 14.6 Å². The summed E-state index contributed by atoms with van der Waals surface area (Å²) >= 11 is 0. The Morgan fingerprint density at radius 3 is 2.57 bits per heavy atom. The SMILES string of the molecule is CCOC1(C(O)C2CC2)CCOCC1. The minimum Gasteiger partial charge on any atom is -0.390 e. The minimum atomic E-state index is -0.297. The molecule has 0 spiro atoms. The van der Waals surface area contributed by atoms with E-state index in [0.29, 0.717) is 12.5 Å². The molecule has 2 rings (SSSR count). The maximum atomic E-state index is 10.2. The van der Waals surface area contributed by atoms with Crippen LogP contribution in [0.2, 0.25) is 0 Å². The lowest BCUT2D eigenvalue weighted by Crippen LogP contribution is -2.50. The van der Waals surface area contributed by atoms with Crippen LogP contribution in [0.4, 0.5) is 0 Å². The van der Waals surface area contributed by atoms with Crippen LogP contribution in [0.15, 0.2) is 0 Å². The Balaban J connectivity index is 2.02. The summed E-state index contributed by atoms with van der Waals surface area (Å²) < 4.78 is 11.1. The number of hydrogen-bond donors (Lipinski definition) is 1. The molecule has 1 saturated carbocycles. The van der Waals surface area contributed by atoms with E-state index in [-0.39, 0.29) is 11.7 Å². The highest BCUT2D eigenvalue weighted by Crippen LogP contribution is 2.42. The smallest absolute Gasteiger partial charge is 0.0986 e. The summed E-state index contributed by atoms with van der Waals surface area (Å²) in [5.41, 5.74) is -0.297. The Morgan fingerprint density at radius 1 is 1.43 bits per heavy atom. The average Bonchev–Trinajstić information content (AvgIpc) is 3.02. The first-order valence-corrected chi connectivity index (χ1v) is 5.68. The zero-order valence-corrected chi connectivity index (χ0v) is 8.87. The molecule has 0 radical (unpaired) electrons. The van der Waals surface area contributed by atoms with Crippen LogP contribution in [0, 0.1) is 5.92 Å². The van der Waals surface area contributed by atoms with E-state index in [2.05, 4.69) is 0 Å². The number of hydrogen-bond acceptors (Lipinski definition) is 3. The van der Waals surface area contributed by atoms with Gasteiger partial charge in [-0.25, -0.2) is 0 Å². The van der Waals surface area contributed by atoms with Crippen molar-refractivity contribution < 1.29 is 14.6 Å². The van der Waals surface area contributed by atoms with Crippen LogP contribution in [0.3, 0.4) is 0 Å². The first-order chi connectivity index (χ1) is 6.78. The Bertz CT molecular complexity index is 177.